The molecule has 0 unspecified atom stereocenters. The zero-order valence-electron chi connectivity index (χ0n) is 14.4. The van der Waals surface area contributed by atoms with Crippen molar-refractivity contribution in [3.63, 3.8) is 0 Å². The van der Waals surface area contributed by atoms with Crippen LogP contribution in [-0.2, 0) is 4.79 Å². The molecular formula is C21H22N2O2. The highest BCUT2D eigenvalue weighted by atomic mass is 16.5. The molecule has 1 amide bonds. The van der Waals surface area contributed by atoms with Gasteiger partial charge in [0.15, 0.2) is 0 Å². The minimum absolute atomic E-state index is 0.0938. The second-order valence-electron chi connectivity index (χ2n) is 6.75. The number of fused-ring (bicyclic) bond motifs is 1. The summed E-state index contributed by atoms with van der Waals surface area (Å²) in [7, 11) is 1.73. The van der Waals surface area contributed by atoms with Crippen molar-refractivity contribution in [1.82, 2.24) is 4.98 Å². The van der Waals surface area contributed by atoms with Crippen LogP contribution in [0.3, 0.4) is 0 Å². The van der Waals surface area contributed by atoms with E-state index in [-0.39, 0.29) is 5.91 Å². The number of hydrogen-bond donors (Lipinski definition) is 1. The Bertz CT molecular complexity index is 836. The zero-order valence-corrected chi connectivity index (χ0v) is 14.4. The molecule has 25 heavy (non-hydrogen) atoms. The predicted octanol–water partition coefficient (Wildman–Crippen LogP) is 4.63. The van der Waals surface area contributed by atoms with Gasteiger partial charge in [-0.1, -0.05) is 25.3 Å². The molecule has 1 aliphatic carbocycles. The molecule has 0 spiro atoms. The summed E-state index contributed by atoms with van der Waals surface area (Å²) in [6, 6.07) is 10.0. The number of carbonyl (C=O) groups excluding carboxylic acids is 1. The number of carbonyl (C=O) groups is 1. The van der Waals surface area contributed by atoms with Gasteiger partial charge in [0, 0.05) is 11.8 Å². The van der Waals surface area contributed by atoms with Crippen LogP contribution in [0.4, 0.5) is 5.82 Å². The Balaban J connectivity index is 1.73. The minimum Gasteiger partial charge on any atom is -0.496 e. The van der Waals surface area contributed by atoms with Gasteiger partial charge < -0.3 is 10.1 Å². The number of anilines is 1. The SMILES string of the molecule is COc1ccc(/C=C2\C(=O)Nc3ncccc32)cc1C1CCCCC1. The van der Waals surface area contributed by atoms with E-state index >= 15 is 0 Å². The predicted molar refractivity (Wildman–Crippen MR) is 99.6 cm³/mol. The van der Waals surface area contributed by atoms with Crippen molar-refractivity contribution in [2.75, 3.05) is 12.4 Å². The van der Waals surface area contributed by atoms with Crippen molar-refractivity contribution in [1.29, 1.82) is 0 Å². The molecule has 1 saturated carbocycles. The summed E-state index contributed by atoms with van der Waals surface area (Å²) >= 11 is 0. The zero-order chi connectivity index (χ0) is 17.2. The molecule has 2 aliphatic rings. The summed E-state index contributed by atoms with van der Waals surface area (Å²) in [5.74, 6) is 2.05. The maximum Gasteiger partial charge on any atom is 0.257 e. The second-order valence-corrected chi connectivity index (χ2v) is 6.75. The molecule has 1 aliphatic heterocycles. The van der Waals surface area contributed by atoms with Gasteiger partial charge in [0.2, 0.25) is 0 Å². The lowest BCUT2D eigenvalue weighted by molar-refractivity contribution is -0.110. The van der Waals surface area contributed by atoms with E-state index in [1.807, 2.05) is 30.3 Å². The van der Waals surface area contributed by atoms with Crippen LogP contribution in [0.15, 0.2) is 36.5 Å². The maximum absolute atomic E-state index is 12.3. The summed E-state index contributed by atoms with van der Waals surface area (Å²) in [5.41, 5.74) is 3.83. The van der Waals surface area contributed by atoms with E-state index in [2.05, 4.69) is 16.4 Å². The van der Waals surface area contributed by atoms with E-state index in [9.17, 15) is 4.79 Å². The number of nitrogens with one attached hydrogen (secondary N) is 1. The standard InChI is InChI=1S/C21H22N2O2/c1-25-19-10-9-14(12-17(19)15-6-3-2-4-7-15)13-18-16-8-5-11-22-20(16)23-21(18)24/h5,8-13,15H,2-4,6-7H2,1H3,(H,22,23,24)/b18-13-. The molecule has 1 aromatic heterocycles. The van der Waals surface area contributed by atoms with Crippen molar-refractivity contribution in [3.8, 4) is 5.75 Å². The van der Waals surface area contributed by atoms with Crippen molar-refractivity contribution >= 4 is 23.4 Å². The molecule has 0 saturated heterocycles. The summed E-state index contributed by atoms with van der Waals surface area (Å²) in [5, 5.41) is 2.83. The number of ether oxygens (including phenoxy) is 1. The lowest BCUT2D eigenvalue weighted by Crippen LogP contribution is -2.07. The highest BCUT2D eigenvalue weighted by Gasteiger charge is 2.25. The number of hydrogen-bond acceptors (Lipinski definition) is 3. The van der Waals surface area contributed by atoms with Gasteiger partial charge in [0.05, 0.1) is 12.7 Å². The van der Waals surface area contributed by atoms with Crippen LogP contribution >= 0.6 is 0 Å². The van der Waals surface area contributed by atoms with E-state index in [0.717, 1.165) is 16.9 Å². The lowest BCUT2D eigenvalue weighted by atomic mass is 9.83. The van der Waals surface area contributed by atoms with Crippen LogP contribution < -0.4 is 10.1 Å². The number of amides is 1. The molecule has 0 radical (unpaired) electrons. The van der Waals surface area contributed by atoms with Crippen molar-refractivity contribution < 1.29 is 9.53 Å². The van der Waals surface area contributed by atoms with Crippen LogP contribution in [0, 0.1) is 0 Å². The second kappa shape index (κ2) is 6.71. The number of pyridine rings is 1. The molecule has 4 heteroatoms. The van der Waals surface area contributed by atoms with Gasteiger partial charge in [0.1, 0.15) is 11.6 Å². The average molecular weight is 334 g/mol. The highest BCUT2D eigenvalue weighted by Crippen LogP contribution is 2.39. The quantitative estimate of drug-likeness (QED) is 0.833. The first kappa shape index (κ1) is 15.9. The van der Waals surface area contributed by atoms with Gasteiger partial charge in [-0.2, -0.15) is 0 Å². The molecule has 1 N–H and O–H groups in total. The van der Waals surface area contributed by atoms with Gasteiger partial charge in [-0.3, -0.25) is 4.79 Å². The summed E-state index contributed by atoms with van der Waals surface area (Å²) in [4.78, 5) is 16.5. The van der Waals surface area contributed by atoms with E-state index in [1.54, 1.807) is 13.3 Å². The Hall–Kier alpha value is -2.62. The molecule has 128 valence electrons. The first-order valence-corrected chi connectivity index (χ1v) is 8.92. The Morgan fingerprint density at radius 3 is 2.84 bits per heavy atom. The maximum atomic E-state index is 12.3. The number of rotatable bonds is 3. The van der Waals surface area contributed by atoms with Crippen LogP contribution in [-0.4, -0.2) is 18.0 Å². The van der Waals surface area contributed by atoms with E-state index in [0.29, 0.717) is 17.3 Å². The minimum atomic E-state index is -0.0938. The summed E-state index contributed by atoms with van der Waals surface area (Å²) in [6.45, 7) is 0. The Labute approximate surface area is 147 Å². The molecular weight excluding hydrogens is 312 g/mol. The monoisotopic (exact) mass is 334 g/mol. The number of nitrogens with zero attached hydrogens (tertiary/aromatic N) is 1. The Morgan fingerprint density at radius 2 is 2.04 bits per heavy atom. The van der Waals surface area contributed by atoms with Crippen LogP contribution in [0.2, 0.25) is 0 Å². The fraction of sp³-hybridized carbons (Fsp3) is 0.333. The fourth-order valence-electron chi connectivity index (χ4n) is 3.90. The van der Waals surface area contributed by atoms with Gasteiger partial charge >= 0.3 is 0 Å². The first-order valence-electron chi connectivity index (χ1n) is 8.92. The van der Waals surface area contributed by atoms with Crippen molar-refractivity contribution in [3.05, 3.63) is 53.2 Å². The normalized spacial score (nSPS) is 18.9. The molecule has 0 atom stereocenters. The third-order valence-electron chi connectivity index (χ3n) is 5.18. The molecule has 4 nitrogen and oxygen atoms in total. The largest absolute Gasteiger partial charge is 0.496 e. The number of methoxy groups -OCH3 is 1. The number of benzene rings is 1. The van der Waals surface area contributed by atoms with Crippen LogP contribution in [0.25, 0.3) is 11.6 Å². The molecule has 2 aromatic rings. The topological polar surface area (TPSA) is 51.2 Å². The first-order chi connectivity index (χ1) is 12.3. The average Bonchev–Trinajstić information content (AvgIpc) is 2.98. The molecule has 1 fully saturated rings. The van der Waals surface area contributed by atoms with Crippen molar-refractivity contribution in [2.45, 2.75) is 38.0 Å². The summed E-state index contributed by atoms with van der Waals surface area (Å²) < 4.78 is 5.59. The molecule has 0 bridgehead atoms. The van der Waals surface area contributed by atoms with Gasteiger partial charge in [0.25, 0.3) is 5.91 Å². The van der Waals surface area contributed by atoms with E-state index in [4.69, 9.17) is 4.74 Å². The molecule has 1 aromatic carbocycles. The van der Waals surface area contributed by atoms with Crippen LogP contribution in [0.1, 0.15) is 54.7 Å². The van der Waals surface area contributed by atoms with Gasteiger partial charge in [-0.15, -0.1) is 0 Å². The molecule has 2 heterocycles. The smallest absolute Gasteiger partial charge is 0.257 e. The van der Waals surface area contributed by atoms with E-state index < -0.39 is 0 Å². The van der Waals surface area contributed by atoms with E-state index in [1.165, 1.54) is 37.7 Å². The Morgan fingerprint density at radius 1 is 1.20 bits per heavy atom. The third-order valence-corrected chi connectivity index (χ3v) is 5.18. The fourth-order valence-corrected chi connectivity index (χ4v) is 3.90. The van der Waals surface area contributed by atoms with Gasteiger partial charge in [-0.05, 0) is 60.2 Å². The lowest BCUT2D eigenvalue weighted by Gasteiger charge is -2.24. The Kier molecular flexibility index (Phi) is 4.26. The molecule has 4 rings (SSSR count). The summed E-state index contributed by atoms with van der Waals surface area (Å²) in [6.07, 6.45) is 9.95. The van der Waals surface area contributed by atoms with Crippen molar-refractivity contribution in [2.24, 2.45) is 0 Å². The van der Waals surface area contributed by atoms with Crippen LogP contribution in [0.5, 0.6) is 5.75 Å². The number of aromatic nitrogens is 1. The third kappa shape index (κ3) is 3.04. The highest BCUT2D eigenvalue weighted by molar-refractivity contribution is 6.34. The van der Waals surface area contributed by atoms with Gasteiger partial charge in [-0.25, -0.2) is 4.98 Å².